The van der Waals surface area contributed by atoms with Gasteiger partial charge in [0, 0.05) is 12.1 Å². The Morgan fingerprint density at radius 2 is 2.00 bits per heavy atom. The Morgan fingerprint density at radius 3 is 2.71 bits per heavy atom. The minimum atomic E-state index is -0.588. The molecule has 2 aromatic rings. The standard InChI is InChI=1S/C15H14ClFN2O2/c1-21-13-8-3-2-5-10(13)9-18-15(20)19-14-11(16)6-4-7-12(14)17/h2-8H,9H2,1H3,(H2,18,19,20). The number of hydrogen-bond donors (Lipinski definition) is 2. The first-order valence-electron chi connectivity index (χ1n) is 6.22. The number of amides is 2. The Bertz CT molecular complexity index is 629. The van der Waals surface area contributed by atoms with E-state index in [1.807, 2.05) is 18.2 Å². The van der Waals surface area contributed by atoms with Crippen molar-refractivity contribution in [3.63, 3.8) is 0 Å². The Hall–Kier alpha value is -2.27. The fraction of sp³-hybridized carbons (Fsp3) is 0.133. The molecule has 0 aromatic heterocycles. The van der Waals surface area contributed by atoms with Crippen LogP contribution < -0.4 is 15.4 Å². The number of para-hydroxylation sites is 2. The minimum absolute atomic E-state index is 0.0447. The fourth-order valence-corrected chi connectivity index (χ4v) is 2.01. The predicted octanol–water partition coefficient (Wildman–Crippen LogP) is 3.81. The van der Waals surface area contributed by atoms with E-state index in [0.717, 1.165) is 5.56 Å². The lowest BCUT2D eigenvalue weighted by Gasteiger charge is -2.11. The highest BCUT2D eigenvalue weighted by atomic mass is 35.5. The Kier molecular flexibility index (Phi) is 5.00. The van der Waals surface area contributed by atoms with Crippen molar-refractivity contribution in [2.75, 3.05) is 12.4 Å². The van der Waals surface area contributed by atoms with E-state index in [2.05, 4.69) is 10.6 Å². The van der Waals surface area contributed by atoms with Gasteiger partial charge in [-0.1, -0.05) is 35.9 Å². The zero-order chi connectivity index (χ0) is 15.2. The van der Waals surface area contributed by atoms with Gasteiger partial charge >= 0.3 is 6.03 Å². The van der Waals surface area contributed by atoms with E-state index >= 15 is 0 Å². The smallest absolute Gasteiger partial charge is 0.319 e. The van der Waals surface area contributed by atoms with Gasteiger partial charge in [-0.05, 0) is 18.2 Å². The lowest BCUT2D eigenvalue weighted by molar-refractivity contribution is 0.251. The normalized spacial score (nSPS) is 10.0. The lowest BCUT2D eigenvalue weighted by atomic mass is 10.2. The van der Waals surface area contributed by atoms with Crippen LogP contribution in [0.15, 0.2) is 42.5 Å². The van der Waals surface area contributed by atoms with Gasteiger partial charge in [-0.15, -0.1) is 0 Å². The van der Waals surface area contributed by atoms with Crippen LogP contribution in [-0.4, -0.2) is 13.1 Å². The van der Waals surface area contributed by atoms with Crippen LogP contribution in [0.4, 0.5) is 14.9 Å². The molecule has 4 nitrogen and oxygen atoms in total. The molecule has 0 aliphatic rings. The van der Waals surface area contributed by atoms with Gasteiger partial charge in [0.2, 0.25) is 0 Å². The minimum Gasteiger partial charge on any atom is -0.496 e. The first kappa shape index (κ1) is 15.1. The van der Waals surface area contributed by atoms with E-state index in [1.165, 1.54) is 18.2 Å². The van der Waals surface area contributed by atoms with Crippen LogP contribution in [-0.2, 0) is 6.54 Å². The number of halogens is 2. The van der Waals surface area contributed by atoms with E-state index in [-0.39, 0.29) is 17.3 Å². The second-order valence-corrected chi connectivity index (χ2v) is 4.62. The third-order valence-electron chi connectivity index (χ3n) is 2.83. The number of benzene rings is 2. The highest BCUT2D eigenvalue weighted by Gasteiger charge is 2.11. The van der Waals surface area contributed by atoms with Crippen molar-refractivity contribution in [2.24, 2.45) is 0 Å². The molecule has 21 heavy (non-hydrogen) atoms. The van der Waals surface area contributed by atoms with Gasteiger partial charge in [0.25, 0.3) is 0 Å². The summed E-state index contributed by atoms with van der Waals surface area (Å²) in [6.45, 7) is 0.252. The number of hydrogen-bond acceptors (Lipinski definition) is 2. The number of ether oxygens (including phenoxy) is 1. The SMILES string of the molecule is COc1ccccc1CNC(=O)Nc1c(F)cccc1Cl. The van der Waals surface area contributed by atoms with Crippen molar-refractivity contribution in [2.45, 2.75) is 6.54 Å². The monoisotopic (exact) mass is 308 g/mol. The predicted molar refractivity (Wildman–Crippen MR) is 80.3 cm³/mol. The molecule has 2 N–H and O–H groups in total. The van der Waals surface area contributed by atoms with Crippen LogP contribution in [0, 0.1) is 5.82 Å². The molecule has 0 atom stereocenters. The van der Waals surface area contributed by atoms with Crippen LogP contribution in [0.5, 0.6) is 5.75 Å². The quantitative estimate of drug-likeness (QED) is 0.902. The molecule has 0 bridgehead atoms. The summed E-state index contributed by atoms with van der Waals surface area (Å²) in [5.41, 5.74) is 0.770. The summed E-state index contributed by atoms with van der Waals surface area (Å²) in [7, 11) is 1.55. The molecule has 0 radical (unpaired) electrons. The number of rotatable bonds is 4. The van der Waals surface area contributed by atoms with Gasteiger partial charge in [0.15, 0.2) is 0 Å². The Labute approximate surface area is 126 Å². The summed E-state index contributed by atoms with van der Waals surface area (Å²) in [5.74, 6) is 0.0802. The van der Waals surface area contributed by atoms with E-state index in [4.69, 9.17) is 16.3 Å². The number of nitrogens with one attached hydrogen (secondary N) is 2. The summed E-state index contributed by atoms with van der Waals surface area (Å²) in [6, 6.07) is 10.9. The molecular weight excluding hydrogens is 295 g/mol. The number of carbonyl (C=O) groups excluding carboxylic acids is 1. The lowest BCUT2D eigenvalue weighted by Crippen LogP contribution is -2.28. The van der Waals surface area contributed by atoms with Crippen LogP contribution in [0.2, 0.25) is 5.02 Å². The van der Waals surface area contributed by atoms with Crippen LogP contribution in [0.3, 0.4) is 0 Å². The maximum atomic E-state index is 13.5. The summed E-state index contributed by atoms with van der Waals surface area (Å²) in [4.78, 5) is 11.8. The maximum absolute atomic E-state index is 13.5. The fourth-order valence-electron chi connectivity index (χ4n) is 1.80. The van der Waals surface area contributed by atoms with Gasteiger partial charge in [-0.25, -0.2) is 9.18 Å². The average Bonchev–Trinajstić information content (AvgIpc) is 2.49. The van der Waals surface area contributed by atoms with E-state index in [0.29, 0.717) is 5.75 Å². The number of methoxy groups -OCH3 is 1. The second kappa shape index (κ2) is 6.95. The molecule has 2 amide bonds. The summed E-state index contributed by atoms with van der Waals surface area (Å²) < 4.78 is 18.7. The summed E-state index contributed by atoms with van der Waals surface area (Å²) in [6.07, 6.45) is 0. The third kappa shape index (κ3) is 3.86. The molecule has 0 saturated heterocycles. The van der Waals surface area contributed by atoms with Crippen molar-refractivity contribution in [3.8, 4) is 5.75 Å². The molecule has 6 heteroatoms. The zero-order valence-corrected chi connectivity index (χ0v) is 12.1. The van der Waals surface area contributed by atoms with Gasteiger partial charge in [0.1, 0.15) is 11.6 Å². The number of anilines is 1. The van der Waals surface area contributed by atoms with Crippen molar-refractivity contribution in [1.29, 1.82) is 0 Å². The highest BCUT2D eigenvalue weighted by Crippen LogP contribution is 2.24. The highest BCUT2D eigenvalue weighted by molar-refractivity contribution is 6.33. The molecule has 0 aliphatic carbocycles. The van der Waals surface area contributed by atoms with Crippen molar-refractivity contribution >= 4 is 23.3 Å². The Balaban J connectivity index is 1.99. The third-order valence-corrected chi connectivity index (χ3v) is 3.15. The molecule has 0 heterocycles. The van der Waals surface area contributed by atoms with E-state index in [9.17, 15) is 9.18 Å². The van der Waals surface area contributed by atoms with Crippen LogP contribution in [0.1, 0.15) is 5.56 Å². The molecule has 2 rings (SSSR count). The topological polar surface area (TPSA) is 50.4 Å². The van der Waals surface area contributed by atoms with Gasteiger partial charge in [-0.3, -0.25) is 0 Å². The maximum Gasteiger partial charge on any atom is 0.319 e. The molecule has 0 aliphatic heterocycles. The molecule has 0 saturated carbocycles. The van der Waals surface area contributed by atoms with Crippen molar-refractivity contribution in [1.82, 2.24) is 5.32 Å². The first-order valence-corrected chi connectivity index (χ1v) is 6.60. The van der Waals surface area contributed by atoms with Gasteiger partial charge in [-0.2, -0.15) is 0 Å². The Morgan fingerprint density at radius 1 is 1.24 bits per heavy atom. The molecule has 2 aromatic carbocycles. The average molecular weight is 309 g/mol. The molecule has 0 unspecified atom stereocenters. The molecule has 110 valence electrons. The van der Waals surface area contributed by atoms with Gasteiger partial charge < -0.3 is 15.4 Å². The zero-order valence-electron chi connectivity index (χ0n) is 11.3. The van der Waals surface area contributed by atoms with Crippen LogP contribution >= 0.6 is 11.6 Å². The van der Waals surface area contributed by atoms with E-state index < -0.39 is 11.8 Å². The van der Waals surface area contributed by atoms with Gasteiger partial charge in [0.05, 0.1) is 17.8 Å². The van der Waals surface area contributed by atoms with E-state index in [1.54, 1.807) is 13.2 Å². The van der Waals surface area contributed by atoms with Crippen molar-refractivity contribution < 1.29 is 13.9 Å². The van der Waals surface area contributed by atoms with Crippen molar-refractivity contribution in [3.05, 3.63) is 58.9 Å². The second-order valence-electron chi connectivity index (χ2n) is 4.22. The summed E-state index contributed by atoms with van der Waals surface area (Å²) in [5, 5.41) is 5.15. The number of urea groups is 1. The molecular formula is C15H14ClFN2O2. The molecule has 0 spiro atoms. The largest absolute Gasteiger partial charge is 0.496 e. The van der Waals surface area contributed by atoms with Crippen LogP contribution in [0.25, 0.3) is 0 Å². The molecule has 0 fully saturated rings. The first-order chi connectivity index (χ1) is 10.1. The number of carbonyl (C=O) groups is 1. The summed E-state index contributed by atoms with van der Waals surface area (Å²) >= 11 is 5.84.